The molecule has 0 aliphatic carbocycles. The number of rotatable bonds is 9. The number of nitrogens with zero attached hydrogens (tertiary/aromatic N) is 5. The summed E-state index contributed by atoms with van der Waals surface area (Å²) in [6.07, 6.45) is -1.72. The normalized spacial score (nSPS) is 11.5. The summed E-state index contributed by atoms with van der Waals surface area (Å²) in [5.74, 6) is -0.0703. The third-order valence-electron chi connectivity index (χ3n) is 6.65. The zero-order chi connectivity index (χ0) is 29.0. The lowest BCUT2D eigenvalue weighted by Crippen LogP contribution is -2.18. The maximum atomic E-state index is 12.9. The van der Waals surface area contributed by atoms with Crippen molar-refractivity contribution in [3.63, 3.8) is 0 Å². The van der Waals surface area contributed by atoms with Gasteiger partial charge in [0.2, 0.25) is 5.91 Å². The Morgan fingerprint density at radius 3 is 2.07 bits per heavy atom. The van der Waals surface area contributed by atoms with E-state index >= 15 is 0 Å². The zero-order valence-corrected chi connectivity index (χ0v) is 22.5. The number of hydrogen-bond acceptors (Lipinski definition) is 5. The molecule has 41 heavy (non-hydrogen) atoms. The number of carbonyl (C=O) groups is 1. The maximum Gasteiger partial charge on any atom is 0.416 e. The van der Waals surface area contributed by atoms with E-state index in [0.717, 1.165) is 46.0 Å². The Kier molecular flexibility index (Phi) is 7.97. The van der Waals surface area contributed by atoms with Crippen LogP contribution in [0.25, 0.3) is 33.8 Å². The van der Waals surface area contributed by atoms with E-state index in [1.54, 1.807) is 11.7 Å². The fourth-order valence-corrected chi connectivity index (χ4v) is 4.45. The molecular formula is C30H28F3N7O. The highest BCUT2D eigenvalue weighted by atomic mass is 19.4. The topological polar surface area (TPSA) is 89.7 Å². The van der Waals surface area contributed by atoms with Crippen LogP contribution in [0.4, 0.5) is 13.2 Å². The molecule has 8 nitrogen and oxygen atoms in total. The Hall–Kier alpha value is -4.77. The molecule has 0 fully saturated rings. The monoisotopic (exact) mass is 559 g/mol. The third kappa shape index (κ3) is 6.36. The van der Waals surface area contributed by atoms with Crippen LogP contribution in [0.1, 0.15) is 23.4 Å². The largest absolute Gasteiger partial charge is 0.416 e. The Morgan fingerprint density at radius 2 is 1.46 bits per heavy atom. The maximum absolute atomic E-state index is 12.9. The first-order chi connectivity index (χ1) is 19.7. The molecule has 3 aromatic carbocycles. The van der Waals surface area contributed by atoms with Crippen LogP contribution in [-0.4, -0.2) is 44.8 Å². The summed E-state index contributed by atoms with van der Waals surface area (Å²) >= 11 is 0. The summed E-state index contributed by atoms with van der Waals surface area (Å²) in [4.78, 5) is 12.0. The first kappa shape index (κ1) is 27.8. The van der Waals surface area contributed by atoms with E-state index < -0.39 is 11.7 Å². The first-order valence-electron chi connectivity index (χ1n) is 13.0. The minimum absolute atomic E-state index is 0.0703. The zero-order valence-electron chi connectivity index (χ0n) is 22.5. The van der Waals surface area contributed by atoms with Crippen molar-refractivity contribution in [2.24, 2.45) is 0 Å². The Labute approximate surface area is 234 Å². The molecule has 0 atom stereocenters. The van der Waals surface area contributed by atoms with Crippen molar-refractivity contribution in [2.75, 3.05) is 14.1 Å². The van der Waals surface area contributed by atoms with E-state index in [1.807, 2.05) is 72.5 Å². The van der Waals surface area contributed by atoms with Crippen molar-refractivity contribution in [3.05, 3.63) is 102 Å². The van der Waals surface area contributed by atoms with Gasteiger partial charge in [0.05, 0.1) is 34.5 Å². The second kappa shape index (κ2) is 11.8. The highest BCUT2D eigenvalue weighted by molar-refractivity contribution is 5.76. The third-order valence-corrected chi connectivity index (χ3v) is 6.65. The van der Waals surface area contributed by atoms with E-state index in [0.29, 0.717) is 30.6 Å². The van der Waals surface area contributed by atoms with Gasteiger partial charge in [-0.25, -0.2) is 9.36 Å². The van der Waals surface area contributed by atoms with Crippen LogP contribution >= 0.6 is 0 Å². The van der Waals surface area contributed by atoms with Gasteiger partial charge in [-0.1, -0.05) is 41.6 Å². The van der Waals surface area contributed by atoms with Gasteiger partial charge in [0.25, 0.3) is 0 Å². The molecule has 2 heterocycles. The molecule has 0 bridgehead atoms. The quantitative estimate of drug-likeness (QED) is 0.259. The molecule has 0 spiro atoms. The van der Waals surface area contributed by atoms with Crippen molar-refractivity contribution in [1.82, 2.24) is 35.4 Å². The number of amides is 1. The van der Waals surface area contributed by atoms with Crippen molar-refractivity contribution in [1.29, 1.82) is 0 Å². The van der Waals surface area contributed by atoms with Gasteiger partial charge in [-0.3, -0.25) is 4.79 Å². The molecule has 11 heteroatoms. The van der Waals surface area contributed by atoms with Crippen LogP contribution < -0.4 is 10.6 Å². The summed E-state index contributed by atoms with van der Waals surface area (Å²) in [5, 5.41) is 18.9. The molecule has 5 aromatic rings. The molecule has 0 saturated heterocycles. The molecule has 2 aromatic heterocycles. The number of halogens is 3. The molecule has 0 radical (unpaired) electrons. The number of aromatic nitrogens is 5. The number of aryl methyl sites for hydroxylation is 1. The fraction of sp³-hybridized carbons (Fsp3) is 0.200. The molecule has 0 unspecified atom stereocenters. The van der Waals surface area contributed by atoms with Crippen LogP contribution in [0.3, 0.4) is 0 Å². The molecular weight excluding hydrogens is 531 g/mol. The van der Waals surface area contributed by atoms with Crippen molar-refractivity contribution < 1.29 is 18.0 Å². The Bertz CT molecular complexity index is 1620. The minimum atomic E-state index is -4.37. The summed E-state index contributed by atoms with van der Waals surface area (Å²) in [6, 6.07) is 22.3. The smallest absolute Gasteiger partial charge is 0.359 e. The highest BCUT2D eigenvalue weighted by Gasteiger charge is 2.30. The standard InChI is InChI=1S/C30H28F3N7O/c1-34-18-24-19-39(38-36-24)25-11-13-26(14-12-25)40-27(15-16-29(41)35-2)17-28(37-40)22-5-3-20(4-6-22)21-7-9-23(10-8-21)30(31,32)33/h3-14,17,19,34H,15-16,18H2,1-2H3,(H,35,41). The summed E-state index contributed by atoms with van der Waals surface area (Å²) in [7, 11) is 3.45. The van der Waals surface area contributed by atoms with Crippen LogP contribution in [0.5, 0.6) is 0 Å². The lowest BCUT2D eigenvalue weighted by Gasteiger charge is -2.09. The van der Waals surface area contributed by atoms with E-state index in [-0.39, 0.29) is 5.91 Å². The van der Waals surface area contributed by atoms with Crippen molar-refractivity contribution in [3.8, 4) is 33.8 Å². The number of alkyl halides is 3. The summed E-state index contributed by atoms with van der Waals surface area (Å²) in [6.45, 7) is 0.619. The average Bonchev–Trinajstić information content (AvgIpc) is 3.63. The molecule has 0 aliphatic rings. The fourth-order valence-electron chi connectivity index (χ4n) is 4.45. The van der Waals surface area contributed by atoms with Gasteiger partial charge in [-0.15, -0.1) is 5.10 Å². The molecule has 2 N–H and O–H groups in total. The minimum Gasteiger partial charge on any atom is -0.359 e. The SMILES string of the molecule is CNCc1cn(-c2ccc(-n3nc(-c4ccc(-c5ccc(C(F)(F)F)cc5)cc4)cc3CCC(=O)NC)cc2)nn1. The van der Waals surface area contributed by atoms with E-state index in [4.69, 9.17) is 5.10 Å². The molecule has 1 amide bonds. The van der Waals surface area contributed by atoms with Gasteiger partial charge in [0.1, 0.15) is 0 Å². The molecule has 210 valence electrons. The second-order valence-corrected chi connectivity index (χ2v) is 9.46. The summed E-state index contributed by atoms with van der Waals surface area (Å²) in [5.41, 5.74) is 5.72. The van der Waals surface area contributed by atoms with Crippen molar-refractivity contribution >= 4 is 5.91 Å². The van der Waals surface area contributed by atoms with Crippen LogP contribution in [-0.2, 0) is 23.9 Å². The molecule has 0 aliphatic heterocycles. The summed E-state index contributed by atoms with van der Waals surface area (Å²) < 4.78 is 42.3. The Morgan fingerprint density at radius 1 is 0.854 bits per heavy atom. The predicted molar refractivity (Wildman–Crippen MR) is 150 cm³/mol. The van der Waals surface area contributed by atoms with Gasteiger partial charge < -0.3 is 10.6 Å². The predicted octanol–water partition coefficient (Wildman–Crippen LogP) is 5.20. The van der Waals surface area contributed by atoms with Crippen LogP contribution in [0.15, 0.2) is 85.1 Å². The first-order valence-corrected chi connectivity index (χ1v) is 13.0. The van der Waals surface area contributed by atoms with Crippen LogP contribution in [0.2, 0.25) is 0 Å². The number of benzene rings is 3. The molecule has 0 saturated carbocycles. The number of carbonyl (C=O) groups excluding carboxylic acids is 1. The van der Waals surface area contributed by atoms with E-state index in [9.17, 15) is 18.0 Å². The number of hydrogen-bond donors (Lipinski definition) is 2. The van der Waals surface area contributed by atoms with Gasteiger partial charge in [-0.05, 0) is 67.1 Å². The highest BCUT2D eigenvalue weighted by Crippen LogP contribution is 2.32. The average molecular weight is 560 g/mol. The molecule has 5 rings (SSSR count). The van der Waals surface area contributed by atoms with Gasteiger partial charge in [-0.2, -0.15) is 18.3 Å². The lowest BCUT2D eigenvalue weighted by atomic mass is 10.0. The van der Waals surface area contributed by atoms with Gasteiger partial charge in [0.15, 0.2) is 0 Å². The Balaban J connectivity index is 1.42. The van der Waals surface area contributed by atoms with Gasteiger partial charge in [0, 0.05) is 31.3 Å². The van der Waals surface area contributed by atoms with Crippen LogP contribution in [0, 0.1) is 0 Å². The number of nitrogens with one attached hydrogen (secondary N) is 2. The van der Waals surface area contributed by atoms with Crippen molar-refractivity contribution in [2.45, 2.75) is 25.6 Å². The second-order valence-electron chi connectivity index (χ2n) is 9.46. The lowest BCUT2D eigenvalue weighted by molar-refractivity contribution is -0.137. The van der Waals surface area contributed by atoms with E-state index in [1.165, 1.54) is 12.1 Å². The van der Waals surface area contributed by atoms with Gasteiger partial charge >= 0.3 is 6.18 Å². The van der Waals surface area contributed by atoms with E-state index in [2.05, 4.69) is 20.9 Å².